The van der Waals surface area contributed by atoms with Gasteiger partial charge in [0.25, 0.3) is 0 Å². The van der Waals surface area contributed by atoms with Crippen molar-refractivity contribution >= 4 is 27.8 Å². The van der Waals surface area contributed by atoms with Gasteiger partial charge in [-0.3, -0.25) is 9.11 Å². The maximum absolute atomic E-state index is 8.74. The molecule has 0 rings (SSSR count). The molecule has 0 radical (unpaired) electrons. The van der Waals surface area contributed by atoms with Crippen molar-refractivity contribution in [2.75, 3.05) is 0 Å². The zero-order valence-electron chi connectivity index (χ0n) is 10.6. The molecule has 0 aliphatic rings. The molecule has 0 saturated carbocycles. The summed E-state index contributed by atoms with van der Waals surface area (Å²) in [6, 6.07) is 0. The maximum Gasteiger partial charge on any atom is 0.394 e. The minimum absolute atomic E-state index is 0. The van der Waals surface area contributed by atoms with Gasteiger partial charge in [-0.25, -0.2) is 0 Å². The molecule has 21 nitrogen and oxygen atoms in total. The highest BCUT2D eigenvalue weighted by Gasteiger charge is 1.84. The van der Waals surface area contributed by atoms with Crippen LogP contribution in [0.15, 0.2) is 0 Å². The topological polar surface area (TPSA) is 610 Å². The van der Waals surface area contributed by atoms with E-state index < -0.39 is 10.4 Å². The Balaban J connectivity index is -0.000000000523. The van der Waals surface area contributed by atoms with Crippen LogP contribution in [0, 0.1) is 0 Å². The maximum atomic E-state index is 8.74. The summed E-state index contributed by atoms with van der Waals surface area (Å²) in [5.41, 5.74) is 0. The molecule has 23 heavy (non-hydrogen) atoms. The smallest absolute Gasteiger partial charge is 0.394 e. The summed E-state index contributed by atoms with van der Waals surface area (Å²) in [5.74, 6) is 0. The molecule has 36 N–H and O–H groups in total. The van der Waals surface area contributed by atoms with Crippen molar-refractivity contribution in [2.24, 2.45) is 0 Å². The van der Waals surface area contributed by atoms with E-state index in [0.717, 1.165) is 0 Å². The molecule has 0 fully saturated rings. The third-order valence-electron chi connectivity index (χ3n) is 0. The van der Waals surface area contributed by atoms with Gasteiger partial charge in [-0.1, -0.05) is 0 Å². The first-order valence-corrected chi connectivity index (χ1v) is 2.10. The number of hydrogen-bond acceptors (Lipinski definition) is 2. The van der Waals surface area contributed by atoms with Crippen molar-refractivity contribution in [1.29, 1.82) is 0 Å². The van der Waals surface area contributed by atoms with E-state index in [4.69, 9.17) is 17.5 Å². The van der Waals surface area contributed by atoms with E-state index in [1.165, 1.54) is 0 Å². The molecule has 0 aliphatic carbocycles. The highest BCUT2D eigenvalue weighted by atomic mass is 32.3. The fourth-order valence-electron chi connectivity index (χ4n) is 0. The van der Waals surface area contributed by atoms with Crippen LogP contribution in [-0.4, -0.2) is 128 Å². The molecule has 0 spiro atoms. The fourth-order valence-corrected chi connectivity index (χ4v) is 0. The Labute approximate surface area is 139 Å². The average Bonchev–Trinajstić information content (AvgIpc) is 0.722. The van der Waals surface area contributed by atoms with Crippen molar-refractivity contribution in [2.45, 2.75) is 0 Å². The summed E-state index contributed by atoms with van der Waals surface area (Å²) in [7, 11) is -4.67. The normalized spacial score (nSPS) is 2.52. The standard InChI is InChI=1S/Al.H2O4S.17H2O.3H/c;1-5(2,3)4;;;;;;;;;;;;;;;;;;;;/h;(H2,1,2,3,4);17*1H2;;;. The lowest BCUT2D eigenvalue weighted by Crippen LogP contribution is -1.89. The van der Waals surface area contributed by atoms with Crippen LogP contribution in [0.1, 0.15) is 0 Å². The van der Waals surface area contributed by atoms with E-state index in [1.54, 1.807) is 0 Å². The lowest BCUT2D eigenvalue weighted by molar-refractivity contribution is 0.380. The van der Waals surface area contributed by atoms with Crippen LogP contribution < -0.4 is 0 Å². The summed E-state index contributed by atoms with van der Waals surface area (Å²) in [5, 5.41) is 0. The Hall–Kier alpha value is -0.278. The van der Waals surface area contributed by atoms with Gasteiger partial charge in [-0.05, 0) is 0 Å². The quantitative estimate of drug-likeness (QED) is 0.276. The molecule has 0 atom stereocenters. The summed E-state index contributed by atoms with van der Waals surface area (Å²) >= 11 is 0. The molecule has 0 aromatic heterocycles. The average molecular weight is 434 g/mol. The molecule has 0 aromatic carbocycles. The summed E-state index contributed by atoms with van der Waals surface area (Å²) in [4.78, 5) is 0. The first kappa shape index (κ1) is 774. The number of rotatable bonds is 0. The summed E-state index contributed by atoms with van der Waals surface area (Å²) < 4.78 is 31.6. The van der Waals surface area contributed by atoms with Crippen LogP contribution in [-0.2, 0) is 10.4 Å². The molecule has 174 valence electrons. The number of hydrogen-bond donors (Lipinski definition) is 2. The van der Waals surface area contributed by atoms with Gasteiger partial charge in [0.1, 0.15) is 0 Å². The third kappa shape index (κ3) is 110000. The van der Waals surface area contributed by atoms with Crippen molar-refractivity contribution in [3.05, 3.63) is 0 Å². The molecule has 0 heterocycles. The Morgan fingerprint density at radius 1 is 0.348 bits per heavy atom. The van der Waals surface area contributed by atoms with Gasteiger partial charge in [0.2, 0.25) is 0 Å². The predicted octanol–water partition coefficient (Wildman–Crippen LogP) is -15.9. The van der Waals surface area contributed by atoms with E-state index in [-0.39, 0.29) is 110 Å². The van der Waals surface area contributed by atoms with Crippen LogP contribution in [0.5, 0.6) is 0 Å². The largest absolute Gasteiger partial charge is 0.412 e. The van der Waals surface area contributed by atoms with Crippen molar-refractivity contribution in [3.8, 4) is 0 Å². The molecule has 0 aromatic rings. The highest BCUT2D eigenvalue weighted by molar-refractivity contribution is 7.79. The molecule has 0 unspecified atom stereocenters. The fraction of sp³-hybridized carbons (Fsp3) is 0. The molecular formula is H39AlO21S. The Bertz CT molecular complexity index is 95.0. The van der Waals surface area contributed by atoms with E-state index >= 15 is 0 Å². The van der Waals surface area contributed by atoms with Gasteiger partial charge >= 0.3 is 10.4 Å². The molecular weight excluding hydrogens is 395 g/mol. The molecule has 0 bridgehead atoms. The van der Waals surface area contributed by atoms with Crippen LogP contribution in [0.3, 0.4) is 0 Å². The Morgan fingerprint density at radius 2 is 0.348 bits per heavy atom. The minimum Gasteiger partial charge on any atom is -0.412 e. The summed E-state index contributed by atoms with van der Waals surface area (Å²) in [6.07, 6.45) is 0. The lowest BCUT2D eigenvalue weighted by Gasteiger charge is -1.68. The molecule has 0 saturated heterocycles. The van der Waals surface area contributed by atoms with Crippen LogP contribution >= 0.6 is 0 Å². The SMILES string of the molecule is O.O.O.O.O.O.O.O.O.O.O.O.O.O.O.O.O.O=S(=O)(O)O.[AlH3]. The molecule has 0 amide bonds. The van der Waals surface area contributed by atoms with Crippen LogP contribution in [0.4, 0.5) is 0 Å². The van der Waals surface area contributed by atoms with Gasteiger partial charge in [0.15, 0.2) is 17.4 Å². The van der Waals surface area contributed by atoms with Crippen molar-refractivity contribution in [3.63, 3.8) is 0 Å². The first-order chi connectivity index (χ1) is 2.00. The second-order valence-corrected chi connectivity index (χ2v) is 1.34. The third-order valence-corrected chi connectivity index (χ3v) is 0. The Kier molecular flexibility index (Phi) is 9580. The van der Waals surface area contributed by atoms with Crippen LogP contribution in [0.25, 0.3) is 0 Å². The monoisotopic (exact) mass is 434 g/mol. The second kappa shape index (κ2) is 285. The van der Waals surface area contributed by atoms with Crippen molar-refractivity contribution < 1.29 is 111 Å². The Morgan fingerprint density at radius 3 is 0.348 bits per heavy atom. The van der Waals surface area contributed by atoms with Crippen molar-refractivity contribution in [1.82, 2.24) is 0 Å². The zero-order chi connectivity index (χ0) is 4.50. The van der Waals surface area contributed by atoms with Gasteiger partial charge < -0.3 is 93.1 Å². The lowest BCUT2D eigenvalue weighted by atomic mass is 15.8. The molecule has 23 heteroatoms. The zero-order valence-corrected chi connectivity index (χ0v) is 11.4. The minimum atomic E-state index is -4.67. The van der Waals surface area contributed by atoms with Crippen LogP contribution in [0.2, 0.25) is 0 Å². The molecule has 0 aliphatic heterocycles. The summed E-state index contributed by atoms with van der Waals surface area (Å²) in [6.45, 7) is 0. The van der Waals surface area contributed by atoms with E-state index in [9.17, 15) is 0 Å². The van der Waals surface area contributed by atoms with Gasteiger partial charge in [0.05, 0.1) is 0 Å². The van der Waals surface area contributed by atoms with E-state index in [2.05, 4.69) is 0 Å². The van der Waals surface area contributed by atoms with Gasteiger partial charge in [-0.15, -0.1) is 0 Å². The van der Waals surface area contributed by atoms with Gasteiger partial charge in [-0.2, -0.15) is 8.42 Å². The second-order valence-electron chi connectivity index (χ2n) is 0.448. The first-order valence-electron chi connectivity index (χ1n) is 0.698. The van der Waals surface area contributed by atoms with E-state index in [0.29, 0.717) is 0 Å². The van der Waals surface area contributed by atoms with E-state index in [1.807, 2.05) is 0 Å². The predicted molar refractivity (Wildman–Crippen MR) is 85.6 cm³/mol. The van der Waals surface area contributed by atoms with Gasteiger partial charge in [0, 0.05) is 0 Å². The highest BCUT2D eigenvalue weighted by Crippen LogP contribution is 1.59.